The molecule has 0 amide bonds. The van der Waals surface area contributed by atoms with Crippen molar-refractivity contribution in [2.24, 2.45) is 5.41 Å². The van der Waals surface area contributed by atoms with Crippen LogP contribution < -0.4 is 0 Å². The molecule has 3 nitrogen and oxygen atoms in total. The first-order valence-corrected chi connectivity index (χ1v) is 10.7. The minimum Gasteiger partial charge on any atom is -0.458 e. The Balaban J connectivity index is 1.88. The Labute approximate surface area is 156 Å². The minimum atomic E-state index is -0.729. The van der Waals surface area contributed by atoms with Gasteiger partial charge in [0.25, 0.3) is 0 Å². The molecule has 5 heteroatoms. The number of benzene rings is 1. The Kier molecular flexibility index (Phi) is 5.44. The predicted molar refractivity (Wildman–Crippen MR) is 105 cm³/mol. The molecule has 0 aromatic heterocycles. The summed E-state index contributed by atoms with van der Waals surface area (Å²) >= 11 is 1.65. The van der Waals surface area contributed by atoms with Crippen molar-refractivity contribution in [3.63, 3.8) is 0 Å². The van der Waals surface area contributed by atoms with Crippen LogP contribution in [0.25, 0.3) is 0 Å². The lowest BCUT2D eigenvalue weighted by molar-refractivity contribution is -0.117. The molecule has 0 atom stereocenters. The monoisotopic (exact) mass is 375 g/mol. The van der Waals surface area contributed by atoms with Gasteiger partial charge in [0.15, 0.2) is 5.78 Å². The first-order chi connectivity index (χ1) is 11.9. The van der Waals surface area contributed by atoms with Gasteiger partial charge in [-0.05, 0) is 40.6 Å². The lowest BCUT2D eigenvalue weighted by Gasteiger charge is -2.31. The highest BCUT2D eigenvalue weighted by Gasteiger charge is 2.42. The third-order valence-electron chi connectivity index (χ3n) is 4.25. The van der Waals surface area contributed by atoms with Crippen LogP contribution in [0.2, 0.25) is 0 Å². The molecule has 0 saturated heterocycles. The fraction of sp³-hybridized carbons (Fsp3) is 0.400. The quantitative estimate of drug-likeness (QED) is 0.620. The normalized spacial score (nSPS) is 19.6. The van der Waals surface area contributed by atoms with Crippen molar-refractivity contribution in [2.75, 3.05) is 6.61 Å². The average molecular weight is 376 g/mol. The fourth-order valence-electron chi connectivity index (χ4n) is 3.14. The van der Waals surface area contributed by atoms with Gasteiger partial charge in [-0.25, -0.2) is 4.79 Å². The second-order valence-electron chi connectivity index (χ2n) is 7.02. The number of Topliss-reactive ketones (excluding diaryl/α,β-unsaturated/α-hetero) is 1. The molecule has 0 unspecified atom stereocenters. The number of ketones is 1. The van der Waals surface area contributed by atoms with E-state index in [1.54, 1.807) is 11.8 Å². The third-order valence-corrected chi connectivity index (χ3v) is 7.34. The van der Waals surface area contributed by atoms with Gasteiger partial charge in [-0.2, -0.15) is 0 Å². The Morgan fingerprint density at radius 3 is 2.64 bits per heavy atom. The van der Waals surface area contributed by atoms with Gasteiger partial charge < -0.3 is 4.74 Å². The molecule has 1 aromatic rings. The highest BCUT2D eigenvalue weighted by molar-refractivity contribution is 8.35. The maximum atomic E-state index is 12.8. The standard InChI is InChI=1S/C20H23O3S2/c1-4-23-19(22)25-13-16(24-12-14-8-6-5-7-9-14)18-15(21)10-20(2,3)11-17(18)25/h5-9,13H,4,10-12H2,1-3H3. The van der Waals surface area contributed by atoms with Crippen molar-refractivity contribution in [1.82, 2.24) is 0 Å². The summed E-state index contributed by atoms with van der Waals surface area (Å²) in [6.45, 7) is 6.37. The zero-order valence-corrected chi connectivity index (χ0v) is 16.5. The number of allylic oxidation sites excluding steroid dienone is 2. The smallest absolute Gasteiger partial charge is 0.365 e. The average Bonchev–Trinajstić information content (AvgIpc) is 2.91. The molecule has 0 spiro atoms. The summed E-state index contributed by atoms with van der Waals surface area (Å²) < 4.78 is 5.26. The van der Waals surface area contributed by atoms with Crippen LogP contribution in [-0.2, 0) is 15.3 Å². The van der Waals surface area contributed by atoms with Crippen LogP contribution in [0.5, 0.6) is 0 Å². The zero-order valence-electron chi connectivity index (χ0n) is 14.8. The Morgan fingerprint density at radius 1 is 1.24 bits per heavy atom. The predicted octanol–water partition coefficient (Wildman–Crippen LogP) is 5.84. The third kappa shape index (κ3) is 4.04. The lowest BCUT2D eigenvalue weighted by Crippen LogP contribution is -2.25. The molecule has 2 aliphatic rings. The second-order valence-corrected chi connectivity index (χ2v) is 9.77. The van der Waals surface area contributed by atoms with E-state index in [9.17, 15) is 9.59 Å². The van der Waals surface area contributed by atoms with E-state index in [1.807, 2.05) is 30.5 Å². The number of carbonyl (C=O) groups is 2. The molecule has 1 radical (unpaired) electrons. The van der Waals surface area contributed by atoms with E-state index in [4.69, 9.17) is 4.74 Å². The minimum absolute atomic E-state index is 0.0962. The van der Waals surface area contributed by atoms with Crippen LogP contribution in [0.1, 0.15) is 39.2 Å². The van der Waals surface area contributed by atoms with Gasteiger partial charge in [0.2, 0.25) is 0 Å². The zero-order chi connectivity index (χ0) is 18.0. The number of hydrogen-bond acceptors (Lipinski definition) is 4. The van der Waals surface area contributed by atoms with Gasteiger partial charge in [0.05, 0.1) is 6.61 Å². The number of hydrogen-bond donors (Lipinski definition) is 0. The van der Waals surface area contributed by atoms with Crippen LogP contribution in [-0.4, -0.2) is 17.7 Å². The van der Waals surface area contributed by atoms with Gasteiger partial charge in [0, 0.05) is 27.6 Å². The van der Waals surface area contributed by atoms with Crippen LogP contribution in [0.3, 0.4) is 0 Å². The molecule has 1 aromatic carbocycles. The van der Waals surface area contributed by atoms with E-state index in [0.717, 1.165) is 27.6 Å². The maximum absolute atomic E-state index is 12.8. The summed E-state index contributed by atoms with van der Waals surface area (Å²) in [7, 11) is -0.729. The summed E-state index contributed by atoms with van der Waals surface area (Å²) in [5.74, 6) is 0.956. The van der Waals surface area contributed by atoms with Crippen LogP contribution in [0.15, 0.2) is 51.1 Å². The van der Waals surface area contributed by atoms with Crippen molar-refractivity contribution in [3.05, 3.63) is 56.7 Å². The van der Waals surface area contributed by atoms with E-state index in [2.05, 4.69) is 26.0 Å². The molecule has 0 N–H and O–H groups in total. The number of ether oxygens (including phenoxy) is 1. The molecular weight excluding hydrogens is 352 g/mol. The molecule has 0 saturated carbocycles. The topological polar surface area (TPSA) is 43.4 Å². The van der Waals surface area contributed by atoms with Crippen molar-refractivity contribution >= 4 is 33.7 Å². The Hall–Kier alpha value is -1.46. The van der Waals surface area contributed by atoms with Crippen LogP contribution in [0.4, 0.5) is 4.79 Å². The van der Waals surface area contributed by atoms with Crippen LogP contribution >= 0.6 is 22.7 Å². The van der Waals surface area contributed by atoms with Gasteiger partial charge in [-0.3, -0.25) is 4.79 Å². The fourth-order valence-corrected chi connectivity index (χ4v) is 6.66. The molecule has 133 valence electrons. The van der Waals surface area contributed by atoms with Crippen LogP contribution in [0, 0.1) is 5.41 Å². The number of thioether (sulfide) groups is 1. The van der Waals surface area contributed by atoms with Gasteiger partial charge >= 0.3 is 5.30 Å². The summed E-state index contributed by atoms with van der Waals surface area (Å²) in [5.41, 5.74) is 1.90. The molecule has 0 bridgehead atoms. The molecular formula is C20H23O3S2. The first-order valence-electron chi connectivity index (χ1n) is 8.46. The van der Waals surface area contributed by atoms with Gasteiger partial charge in [0.1, 0.15) is 0 Å². The molecule has 0 fully saturated rings. The van der Waals surface area contributed by atoms with Gasteiger partial charge in [-0.1, -0.05) is 44.2 Å². The van der Waals surface area contributed by atoms with E-state index in [0.29, 0.717) is 13.0 Å². The molecule has 1 aliphatic carbocycles. The van der Waals surface area contributed by atoms with E-state index >= 15 is 0 Å². The van der Waals surface area contributed by atoms with Crippen molar-refractivity contribution < 1.29 is 14.3 Å². The molecule has 1 aliphatic heterocycles. The molecule has 1 heterocycles. The Morgan fingerprint density at radius 2 is 1.96 bits per heavy atom. The van der Waals surface area contributed by atoms with E-state index < -0.39 is 10.9 Å². The van der Waals surface area contributed by atoms with Crippen molar-refractivity contribution in [2.45, 2.75) is 39.4 Å². The number of rotatable bonds is 4. The highest BCUT2D eigenvalue weighted by atomic mass is 32.2. The van der Waals surface area contributed by atoms with Crippen molar-refractivity contribution in [1.29, 1.82) is 0 Å². The molecule has 25 heavy (non-hydrogen) atoms. The maximum Gasteiger partial charge on any atom is 0.365 e. The first kappa shape index (κ1) is 18.3. The number of carbonyl (C=O) groups excluding carboxylic acids is 2. The SMILES string of the molecule is CCOC(=O)[S]1C=C(SCc2ccccc2)C2=C1CC(C)(C)CC2=O. The summed E-state index contributed by atoms with van der Waals surface area (Å²) in [4.78, 5) is 27.1. The van der Waals surface area contributed by atoms with E-state index in [-0.39, 0.29) is 16.5 Å². The van der Waals surface area contributed by atoms with Crippen molar-refractivity contribution in [3.8, 4) is 0 Å². The summed E-state index contributed by atoms with van der Waals surface area (Å²) in [6.07, 6.45) is 1.32. The Bertz CT molecular complexity index is 747. The largest absolute Gasteiger partial charge is 0.458 e. The summed E-state index contributed by atoms with van der Waals surface area (Å²) in [6, 6.07) is 10.2. The highest BCUT2D eigenvalue weighted by Crippen LogP contribution is 2.58. The van der Waals surface area contributed by atoms with E-state index in [1.165, 1.54) is 5.56 Å². The van der Waals surface area contributed by atoms with Gasteiger partial charge in [-0.15, -0.1) is 11.8 Å². The molecule has 3 rings (SSSR count). The second kappa shape index (κ2) is 7.42. The summed E-state index contributed by atoms with van der Waals surface area (Å²) in [5, 5.41) is 1.76. The lowest BCUT2D eigenvalue weighted by atomic mass is 9.77.